The van der Waals surface area contributed by atoms with E-state index in [9.17, 15) is 9.50 Å². The van der Waals surface area contributed by atoms with E-state index in [0.717, 1.165) is 0 Å². The lowest BCUT2D eigenvalue weighted by Gasteiger charge is -2.13. The smallest absolute Gasteiger partial charge is 0.132 e. The van der Waals surface area contributed by atoms with Crippen molar-refractivity contribution in [3.63, 3.8) is 0 Å². The number of ether oxygens (including phenoxy) is 1. The summed E-state index contributed by atoms with van der Waals surface area (Å²) in [6, 6.07) is 4.51. The minimum atomic E-state index is -0.795. The third-order valence-corrected chi connectivity index (χ3v) is 1.95. The first-order valence-corrected chi connectivity index (χ1v) is 4.21. The molecule has 1 rings (SSSR count). The molecule has 3 heteroatoms. The van der Waals surface area contributed by atoms with Crippen LogP contribution in [0.4, 0.5) is 4.39 Å². The molecule has 0 amide bonds. The van der Waals surface area contributed by atoms with Crippen LogP contribution in [0.25, 0.3) is 0 Å². The maximum Gasteiger partial charge on any atom is 0.132 e. The highest BCUT2D eigenvalue weighted by Crippen LogP contribution is 2.29. The topological polar surface area (TPSA) is 29.5 Å². The third-order valence-electron chi connectivity index (χ3n) is 1.95. The molecule has 0 aliphatic carbocycles. The monoisotopic (exact) mass is 184 g/mol. The van der Waals surface area contributed by atoms with Crippen molar-refractivity contribution in [1.29, 1.82) is 0 Å². The van der Waals surface area contributed by atoms with Gasteiger partial charge in [0.2, 0.25) is 0 Å². The fourth-order valence-corrected chi connectivity index (χ4v) is 1.22. The second-order valence-corrected chi connectivity index (χ2v) is 2.78. The summed E-state index contributed by atoms with van der Waals surface area (Å²) in [5, 5.41) is 9.50. The molecular formula is C10H13FO2. The Labute approximate surface area is 77.0 Å². The van der Waals surface area contributed by atoms with Gasteiger partial charge in [0.25, 0.3) is 0 Å². The van der Waals surface area contributed by atoms with Gasteiger partial charge >= 0.3 is 0 Å². The fourth-order valence-electron chi connectivity index (χ4n) is 1.22. The van der Waals surface area contributed by atoms with Crippen LogP contribution in [0, 0.1) is 5.82 Å². The van der Waals surface area contributed by atoms with Crippen LogP contribution in [0.15, 0.2) is 18.2 Å². The first-order chi connectivity index (χ1) is 6.20. The van der Waals surface area contributed by atoms with Crippen molar-refractivity contribution < 1.29 is 14.2 Å². The first kappa shape index (κ1) is 9.99. The molecule has 0 aromatic heterocycles. The molecule has 0 saturated carbocycles. The van der Waals surface area contributed by atoms with Crippen LogP contribution in [0.2, 0.25) is 0 Å². The lowest BCUT2D eigenvalue weighted by Crippen LogP contribution is -2.02. The van der Waals surface area contributed by atoms with Crippen LogP contribution in [0.5, 0.6) is 5.75 Å². The molecule has 0 spiro atoms. The molecule has 0 unspecified atom stereocenters. The predicted molar refractivity (Wildman–Crippen MR) is 48.2 cm³/mol. The summed E-state index contributed by atoms with van der Waals surface area (Å²) < 4.78 is 18.2. The number of rotatable bonds is 3. The predicted octanol–water partition coefficient (Wildman–Crippen LogP) is 2.28. The van der Waals surface area contributed by atoms with E-state index in [1.54, 1.807) is 19.1 Å². The van der Waals surface area contributed by atoms with Crippen molar-refractivity contribution in [2.45, 2.75) is 19.4 Å². The van der Waals surface area contributed by atoms with Crippen molar-refractivity contribution >= 4 is 0 Å². The van der Waals surface area contributed by atoms with Gasteiger partial charge in [-0.25, -0.2) is 4.39 Å². The minimum Gasteiger partial charge on any atom is -0.496 e. The van der Waals surface area contributed by atoms with Gasteiger partial charge in [-0.3, -0.25) is 0 Å². The Morgan fingerprint density at radius 1 is 1.54 bits per heavy atom. The number of aliphatic hydroxyl groups excluding tert-OH is 1. The molecule has 1 N–H and O–H groups in total. The molecule has 1 atom stereocenters. The lowest BCUT2D eigenvalue weighted by atomic mass is 10.1. The number of aliphatic hydroxyl groups is 1. The minimum absolute atomic E-state index is 0.243. The van der Waals surface area contributed by atoms with Gasteiger partial charge in [0.1, 0.15) is 11.6 Å². The molecular weight excluding hydrogens is 171 g/mol. The summed E-state index contributed by atoms with van der Waals surface area (Å²) in [5.41, 5.74) is 0.243. The zero-order chi connectivity index (χ0) is 9.84. The van der Waals surface area contributed by atoms with Crippen LogP contribution in [0.3, 0.4) is 0 Å². The highest BCUT2D eigenvalue weighted by Gasteiger charge is 2.15. The van der Waals surface area contributed by atoms with Crippen LogP contribution >= 0.6 is 0 Å². The van der Waals surface area contributed by atoms with E-state index in [0.29, 0.717) is 12.2 Å². The third kappa shape index (κ3) is 1.98. The molecule has 13 heavy (non-hydrogen) atoms. The van der Waals surface area contributed by atoms with Crippen molar-refractivity contribution in [3.8, 4) is 5.75 Å². The molecule has 1 aromatic rings. The molecule has 1 aromatic carbocycles. The number of methoxy groups -OCH3 is 1. The Morgan fingerprint density at radius 2 is 2.23 bits per heavy atom. The summed E-state index contributed by atoms with van der Waals surface area (Å²) in [4.78, 5) is 0. The first-order valence-electron chi connectivity index (χ1n) is 4.21. The molecule has 72 valence electrons. The van der Waals surface area contributed by atoms with Gasteiger partial charge in [0.15, 0.2) is 0 Å². The van der Waals surface area contributed by atoms with Gasteiger partial charge < -0.3 is 9.84 Å². The van der Waals surface area contributed by atoms with Crippen LogP contribution in [0.1, 0.15) is 25.0 Å². The van der Waals surface area contributed by atoms with Crippen LogP contribution in [-0.4, -0.2) is 12.2 Å². The largest absolute Gasteiger partial charge is 0.496 e. The van der Waals surface area contributed by atoms with E-state index >= 15 is 0 Å². The molecule has 0 heterocycles. The van der Waals surface area contributed by atoms with E-state index in [1.807, 2.05) is 0 Å². The second kappa shape index (κ2) is 4.23. The highest BCUT2D eigenvalue weighted by atomic mass is 19.1. The van der Waals surface area contributed by atoms with E-state index in [4.69, 9.17) is 4.74 Å². The highest BCUT2D eigenvalue weighted by molar-refractivity contribution is 5.36. The molecule has 2 nitrogen and oxygen atoms in total. The van der Waals surface area contributed by atoms with Gasteiger partial charge in [-0.05, 0) is 18.6 Å². The average molecular weight is 184 g/mol. The Kier molecular flexibility index (Phi) is 3.25. The van der Waals surface area contributed by atoms with Gasteiger partial charge in [0.05, 0.1) is 18.8 Å². The van der Waals surface area contributed by atoms with Gasteiger partial charge in [0, 0.05) is 0 Å². The van der Waals surface area contributed by atoms with E-state index < -0.39 is 11.9 Å². The number of benzene rings is 1. The van der Waals surface area contributed by atoms with E-state index in [-0.39, 0.29) is 5.56 Å². The molecule has 0 fully saturated rings. The van der Waals surface area contributed by atoms with E-state index in [2.05, 4.69) is 0 Å². The van der Waals surface area contributed by atoms with Crippen molar-refractivity contribution in [1.82, 2.24) is 0 Å². The Morgan fingerprint density at radius 3 is 2.77 bits per heavy atom. The zero-order valence-corrected chi connectivity index (χ0v) is 7.75. The Bertz CT molecular complexity index is 286. The summed E-state index contributed by atoms with van der Waals surface area (Å²) in [6.45, 7) is 1.79. The maximum absolute atomic E-state index is 13.2. The van der Waals surface area contributed by atoms with Gasteiger partial charge in [-0.1, -0.05) is 13.0 Å². The molecule has 0 aliphatic heterocycles. The molecule has 0 saturated heterocycles. The molecule has 0 bridgehead atoms. The van der Waals surface area contributed by atoms with Gasteiger partial charge in [-0.2, -0.15) is 0 Å². The number of hydrogen-bond donors (Lipinski definition) is 1. The lowest BCUT2D eigenvalue weighted by molar-refractivity contribution is 0.164. The Balaban J connectivity index is 3.14. The molecule has 0 aliphatic rings. The number of hydrogen-bond acceptors (Lipinski definition) is 2. The summed E-state index contributed by atoms with van der Waals surface area (Å²) in [6.07, 6.45) is -0.326. The summed E-state index contributed by atoms with van der Waals surface area (Å²) >= 11 is 0. The van der Waals surface area contributed by atoms with Gasteiger partial charge in [-0.15, -0.1) is 0 Å². The van der Waals surface area contributed by atoms with Crippen molar-refractivity contribution in [2.75, 3.05) is 7.11 Å². The average Bonchev–Trinajstić information content (AvgIpc) is 2.16. The van der Waals surface area contributed by atoms with E-state index in [1.165, 1.54) is 13.2 Å². The zero-order valence-electron chi connectivity index (χ0n) is 7.75. The maximum atomic E-state index is 13.2. The van der Waals surface area contributed by atoms with Crippen LogP contribution in [-0.2, 0) is 0 Å². The van der Waals surface area contributed by atoms with Crippen molar-refractivity contribution in [3.05, 3.63) is 29.6 Å². The molecule has 0 radical (unpaired) electrons. The quantitative estimate of drug-likeness (QED) is 0.780. The van der Waals surface area contributed by atoms with Crippen molar-refractivity contribution in [2.24, 2.45) is 0 Å². The standard InChI is InChI=1S/C10H13FO2/c1-3-8(12)10-7(11)5-4-6-9(10)13-2/h4-6,8,12H,3H2,1-2H3/t8-/m0/s1. The Hall–Kier alpha value is -1.09. The van der Waals surface area contributed by atoms with Crippen LogP contribution < -0.4 is 4.74 Å². The second-order valence-electron chi connectivity index (χ2n) is 2.78. The number of halogens is 1. The summed E-state index contributed by atoms with van der Waals surface area (Å²) in [5.74, 6) is -0.0250. The normalized spacial score (nSPS) is 12.6. The summed E-state index contributed by atoms with van der Waals surface area (Å²) in [7, 11) is 1.46. The SMILES string of the molecule is CC[C@H](O)c1c(F)cccc1OC. The fraction of sp³-hybridized carbons (Fsp3) is 0.400.